The molecule has 4 heteroatoms. The molecule has 0 bridgehead atoms. The Labute approximate surface area is 125 Å². The number of hydrogen-bond acceptors (Lipinski definition) is 3. The summed E-state index contributed by atoms with van der Waals surface area (Å²) in [6.07, 6.45) is 1.00. The van der Waals surface area contributed by atoms with Crippen LogP contribution in [0.25, 0.3) is 11.3 Å². The number of nitrogens with one attached hydrogen (secondary N) is 2. The van der Waals surface area contributed by atoms with Crippen LogP contribution < -0.4 is 5.32 Å². The second-order valence-electron chi connectivity index (χ2n) is 6.29. The third-order valence-electron chi connectivity index (χ3n) is 4.13. The van der Waals surface area contributed by atoms with E-state index in [4.69, 9.17) is 9.72 Å². The topological polar surface area (TPSA) is 49.9 Å². The number of ether oxygens (including phenoxy) is 1. The van der Waals surface area contributed by atoms with Gasteiger partial charge in [0.15, 0.2) is 0 Å². The second-order valence-corrected chi connectivity index (χ2v) is 6.29. The van der Waals surface area contributed by atoms with Gasteiger partial charge < -0.3 is 15.0 Å². The zero-order valence-electron chi connectivity index (χ0n) is 13.0. The molecule has 0 fully saturated rings. The fourth-order valence-electron chi connectivity index (χ4n) is 3.10. The van der Waals surface area contributed by atoms with Crippen LogP contribution in [-0.2, 0) is 23.1 Å². The molecule has 2 aromatic rings. The van der Waals surface area contributed by atoms with Crippen molar-refractivity contribution in [2.45, 2.75) is 32.2 Å². The number of nitrogens with zero attached hydrogens (tertiary/aromatic N) is 1. The number of hydrogen-bond donors (Lipinski definition) is 2. The van der Waals surface area contributed by atoms with E-state index in [2.05, 4.69) is 48.4 Å². The van der Waals surface area contributed by atoms with E-state index in [1.54, 1.807) is 7.11 Å². The van der Waals surface area contributed by atoms with Crippen molar-refractivity contribution < 1.29 is 4.74 Å². The summed E-state index contributed by atoms with van der Waals surface area (Å²) in [5.74, 6) is 1.00. The smallest absolute Gasteiger partial charge is 0.121 e. The SMILES string of the molecule is COCCNCc1nc2c([nH]1)CC(C)(C)c1ccccc1-2. The van der Waals surface area contributed by atoms with Gasteiger partial charge in [0.25, 0.3) is 0 Å². The Bertz CT molecular complexity index is 631. The molecule has 0 unspecified atom stereocenters. The Morgan fingerprint density at radius 3 is 2.95 bits per heavy atom. The van der Waals surface area contributed by atoms with E-state index in [0.717, 1.165) is 37.6 Å². The Balaban J connectivity index is 1.87. The standard InChI is InChI=1S/C17H23N3O/c1-17(2)10-14-16(12-6-4-5-7-13(12)17)20-15(19-14)11-18-8-9-21-3/h4-7,18H,8-11H2,1-3H3,(H,19,20). The van der Waals surface area contributed by atoms with Crippen molar-refractivity contribution in [2.24, 2.45) is 0 Å². The molecular weight excluding hydrogens is 262 g/mol. The first-order valence-electron chi connectivity index (χ1n) is 7.49. The lowest BCUT2D eigenvalue weighted by atomic mass is 9.73. The fraction of sp³-hybridized carbons (Fsp3) is 0.471. The van der Waals surface area contributed by atoms with Gasteiger partial charge in [-0.2, -0.15) is 0 Å². The largest absolute Gasteiger partial charge is 0.383 e. The van der Waals surface area contributed by atoms with Gasteiger partial charge in [-0.3, -0.25) is 0 Å². The van der Waals surface area contributed by atoms with Gasteiger partial charge in [0.2, 0.25) is 0 Å². The van der Waals surface area contributed by atoms with Crippen LogP contribution in [0.4, 0.5) is 0 Å². The molecule has 0 radical (unpaired) electrons. The average Bonchev–Trinajstić information content (AvgIpc) is 2.86. The number of methoxy groups -OCH3 is 1. The van der Waals surface area contributed by atoms with Crippen molar-refractivity contribution in [1.82, 2.24) is 15.3 Å². The molecule has 1 aliphatic rings. The van der Waals surface area contributed by atoms with Gasteiger partial charge in [0.05, 0.1) is 18.8 Å². The number of aromatic amines is 1. The summed E-state index contributed by atoms with van der Waals surface area (Å²) in [5.41, 5.74) is 5.18. The van der Waals surface area contributed by atoms with Crippen LogP contribution in [0.15, 0.2) is 24.3 Å². The summed E-state index contributed by atoms with van der Waals surface area (Å²) in [6, 6.07) is 8.61. The van der Waals surface area contributed by atoms with Crippen LogP contribution in [0.3, 0.4) is 0 Å². The number of H-pyrrole nitrogens is 1. The van der Waals surface area contributed by atoms with Crippen molar-refractivity contribution in [3.8, 4) is 11.3 Å². The average molecular weight is 285 g/mol. The van der Waals surface area contributed by atoms with Crippen molar-refractivity contribution >= 4 is 0 Å². The first-order chi connectivity index (χ1) is 10.1. The van der Waals surface area contributed by atoms with Gasteiger partial charge in [0, 0.05) is 24.9 Å². The van der Waals surface area contributed by atoms with E-state index in [9.17, 15) is 0 Å². The Morgan fingerprint density at radius 2 is 2.14 bits per heavy atom. The van der Waals surface area contributed by atoms with Crippen LogP contribution in [-0.4, -0.2) is 30.2 Å². The summed E-state index contributed by atoms with van der Waals surface area (Å²) < 4.78 is 5.04. The molecule has 4 nitrogen and oxygen atoms in total. The predicted octanol–water partition coefficient (Wildman–Crippen LogP) is 2.65. The second kappa shape index (κ2) is 5.62. The minimum absolute atomic E-state index is 0.150. The van der Waals surface area contributed by atoms with E-state index in [1.807, 2.05) is 0 Å². The van der Waals surface area contributed by atoms with Gasteiger partial charge in [-0.25, -0.2) is 4.98 Å². The first-order valence-corrected chi connectivity index (χ1v) is 7.49. The maximum Gasteiger partial charge on any atom is 0.121 e. The molecular formula is C17H23N3O. The van der Waals surface area contributed by atoms with E-state index in [0.29, 0.717) is 0 Å². The zero-order valence-corrected chi connectivity index (χ0v) is 13.0. The van der Waals surface area contributed by atoms with Crippen molar-refractivity contribution in [3.63, 3.8) is 0 Å². The van der Waals surface area contributed by atoms with Crippen LogP contribution in [0, 0.1) is 0 Å². The minimum Gasteiger partial charge on any atom is -0.383 e. The number of benzene rings is 1. The highest BCUT2D eigenvalue weighted by molar-refractivity contribution is 5.70. The molecule has 2 N–H and O–H groups in total. The van der Waals surface area contributed by atoms with Crippen molar-refractivity contribution in [3.05, 3.63) is 41.3 Å². The summed E-state index contributed by atoms with van der Waals surface area (Å²) in [6.45, 7) is 6.90. The van der Waals surface area contributed by atoms with E-state index >= 15 is 0 Å². The number of imidazole rings is 1. The minimum atomic E-state index is 0.150. The Morgan fingerprint density at radius 1 is 1.33 bits per heavy atom. The molecule has 0 amide bonds. The molecule has 0 spiro atoms. The van der Waals surface area contributed by atoms with Gasteiger partial charge in [-0.15, -0.1) is 0 Å². The molecule has 1 aliphatic carbocycles. The highest BCUT2D eigenvalue weighted by atomic mass is 16.5. The normalized spacial score (nSPS) is 15.6. The summed E-state index contributed by atoms with van der Waals surface area (Å²) >= 11 is 0. The molecule has 112 valence electrons. The van der Waals surface area contributed by atoms with Crippen molar-refractivity contribution in [1.29, 1.82) is 0 Å². The monoisotopic (exact) mass is 285 g/mol. The highest BCUT2D eigenvalue weighted by Gasteiger charge is 2.32. The van der Waals surface area contributed by atoms with Gasteiger partial charge in [-0.1, -0.05) is 38.1 Å². The molecule has 0 saturated heterocycles. The number of fused-ring (bicyclic) bond motifs is 3. The Kier molecular flexibility index (Phi) is 3.83. The number of aromatic nitrogens is 2. The van der Waals surface area contributed by atoms with E-state index in [-0.39, 0.29) is 5.41 Å². The molecule has 1 aromatic heterocycles. The molecule has 1 aromatic carbocycles. The van der Waals surface area contributed by atoms with E-state index in [1.165, 1.54) is 16.8 Å². The molecule has 0 aliphatic heterocycles. The third kappa shape index (κ3) is 2.74. The lowest BCUT2D eigenvalue weighted by Crippen LogP contribution is -2.25. The van der Waals surface area contributed by atoms with Crippen molar-refractivity contribution in [2.75, 3.05) is 20.3 Å². The first kappa shape index (κ1) is 14.3. The summed E-state index contributed by atoms with van der Waals surface area (Å²) in [4.78, 5) is 8.29. The lowest BCUT2D eigenvalue weighted by Gasteiger charge is -2.31. The Hall–Kier alpha value is -1.65. The molecule has 0 saturated carbocycles. The molecule has 0 atom stereocenters. The fourth-order valence-corrected chi connectivity index (χ4v) is 3.10. The van der Waals surface area contributed by atoms with Crippen LogP contribution in [0.1, 0.15) is 30.9 Å². The van der Waals surface area contributed by atoms with Gasteiger partial charge in [0.1, 0.15) is 5.82 Å². The predicted molar refractivity (Wildman–Crippen MR) is 84.3 cm³/mol. The zero-order chi connectivity index (χ0) is 14.9. The van der Waals surface area contributed by atoms with Crippen LogP contribution >= 0.6 is 0 Å². The van der Waals surface area contributed by atoms with E-state index < -0.39 is 0 Å². The highest BCUT2D eigenvalue weighted by Crippen LogP contribution is 2.41. The number of rotatable bonds is 5. The third-order valence-corrected chi connectivity index (χ3v) is 4.13. The van der Waals surface area contributed by atoms with Gasteiger partial charge in [-0.05, 0) is 17.4 Å². The van der Waals surface area contributed by atoms with Crippen LogP contribution in [0.2, 0.25) is 0 Å². The maximum absolute atomic E-state index is 5.04. The maximum atomic E-state index is 5.04. The molecule has 1 heterocycles. The lowest BCUT2D eigenvalue weighted by molar-refractivity contribution is 0.199. The summed E-state index contributed by atoms with van der Waals surface area (Å²) in [7, 11) is 1.71. The molecule has 3 rings (SSSR count). The van der Waals surface area contributed by atoms with Gasteiger partial charge >= 0.3 is 0 Å². The van der Waals surface area contributed by atoms with Crippen LogP contribution in [0.5, 0.6) is 0 Å². The summed E-state index contributed by atoms with van der Waals surface area (Å²) in [5, 5.41) is 3.34. The molecule has 21 heavy (non-hydrogen) atoms. The quantitative estimate of drug-likeness (QED) is 0.830.